The number of fused-ring (bicyclic) bond motifs is 1. The van der Waals surface area contributed by atoms with Gasteiger partial charge in [0.1, 0.15) is 11.3 Å². The number of nitrogens with one attached hydrogen (secondary N) is 1. The smallest absolute Gasteiger partial charge is 0.253 e. The molecule has 0 unspecified atom stereocenters. The Morgan fingerprint density at radius 2 is 1.93 bits per heavy atom. The minimum Gasteiger partial charge on any atom is -0.364 e. The van der Waals surface area contributed by atoms with Crippen molar-refractivity contribution in [2.24, 2.45) is 5.92 Å². The molecule has 150 valence electrons. The van der Waals surface area contributed by atoms with Crippen LogP contribution in [0.15, 0.2) is 41.6 Å². The molecule has 1 aliphatic carbocycles. The van der Waals surface area contributed by atoms with Crippen molar-refractivity contribution in [2.75, 3.05) is 23.3 Å². The van der Waals surface area contributed by atoms with Gasteiger partial charge >= 0.3 is 0 Å². The van der Waals surface area contributed by atoms with Crippen molar-refractivity contribution < 1.29 is 4.39 Å². The van der Waals surface area contributed by atoms with E-state index >= 15 is 0 Å². The summed E-state index contributed by atoms with van der Waals surface area (Å²) in [5, 5.41) is 3.52. The van der Waals surface area contributed by atoms with Gasteiger partial charge in [0.05, 0.1) is 11.7 Å². The number of hydrogen-bond acceptors (Lipinski definition) is 6. The van der Waals surface area contributed by atoms with Gasteiger partial charge in [-0.15, -0.1) is 0 Å². The first-order chi connectivity index (χ1) is 14.2. The van der Waals surface area contributed by atoms with Crippen LogP contribution in [-0.4, -0.2) is 38.7 Å². The molecule has 29 heavy (non-hydrogen) atoms. The van der Waals surface area contributed by atoms with E-state index in [0.717, 1.165) is 54.7 Å². The van der Waals surface area contributed by atoms with Gasteiger partial charge in [0.15, 0.2) is 11.6 Å². The van der Waals surface area contributed by atoms with Crippen LogP contribution in [0.1, 0.15) is 25.7 Å². The summed E-state index contributed by atoms with van der Waals surface area (Å²) in [6.45, 7) is 2.31. The molecule has 0 bridgehead atoms. The fourth-order valence-corrected chi connectivity index (χ4v) is 3.88. The molecular weight excluding hydrogens is 371 g/mol. The minimum atomic E-state index is -0.485. The van der Waals surface area contributed by atoms with Gasteiger partial charge in [-0.25, -0.2) is 14.4 Å². The van der Waals surface area contributed by atoms with Gasteiger partial charge in [-0.2, -0.15) is 0 Å². The van der Waals surface area contributed by atoms with Gasteiger partial charge < -0.3 is 14.8 Å². The summed E-state index contributed by atoms with van der Waals surface area (Å²) in [4.78, 5) is 28.1. The fraction of sp³-hybridized carbons (Fsp3) is 0.429. The van der Waals surface area contributed by atoms with Crippen LogP contribution in [0.2, 0.25) is 0 Å². The second-order valence-corrected chi connectivity index (χ2v) is 7.94. The van der Waals surface area contributed by atoms with Crippen molar-refractivity contribution in [1.82, 2.24) is 19.5 Å². The molecule has 0 aromatic carbocycles. The largest absolute Gasteiger partial charge is 0.364 e. The Labute approximate surface area is 167 Å². The predicted molar refractivity (Wildman–Crippen MR) is 110 cm³/mol. The number of nitrogens with zero attached hydrogens (tertiary/aromatic N) is 5. The molecule has 1 aliphatic heterocycles. The maximum Gasteiger partial charge on any atom is 0.253 e. The zero-order valence-electron chi connectivity index (χ0n) is 16.1. The third-order valence-electron chi connectivity index (χ3n) is 5.69. The molecule has 4 heterocycles. The summed E-state index contributed by atoms with van der Waals surface area (Å²) in [7, 11) is 0. The molecular formula is C21H23FN6O. The number of aromatic nitrogens is 4. The molecule has 1 N–H and O–H groups in total. The van der Waals surface area contributed by atoms with Crippen LogP contribution in [0.5, 0.6) is 0 Å². The standard InChI is InChI=1S/C21H23FN6O/c22-15-6-10-28(19(29)11-15)13-14-4-8-27(9-5-14)21-20(24-16-1-2-16)25-17-3-7-23-12-18(17)26-21/h3,6-7,10-12,14,16H,1-2,4-5,8-9,13H2,(H,24,25). The third-order valence-corrected chi connectivity index (χ3v) is 5.69. The lowest BCUT2D eigenvalue weighted by molar-refractivity contribution is 0.351. The lowest BCUT2D eigenvalue weighted by Crippen LogP contribution is -2.37. The Morgan fingerprint density at radius 1 is 1.10 bits per heavy atom. The molecule has 1 saturated carbocycles. The number of anilines is 2. The van der Waals surface area contributed by atoms with E-state index in [0.29, 0.717) is 18.5 Å². The van der Waals surface area contributed by atoms with Crippen molar-refractivity contribution >= 4 is 22.7 Å². The molecule has 5 rings (SSSR count). The van der Waals surface area contributed by atoms with Crippen molar-refractivity contribution in [1.29, 1.82) is 0 Å². The van der Waals surface area contributed by atoms with E-state index in [9.17, 15) is 9.18 Å². The number of halogens is 1. The van der Waals surface area contributed by atoms with E-state index in [1.807, 2.05) is 6.07 Å². The number of pyridine rings is 2. The van der Waals surface area contributed by atoms with Gasteiger partial charge in [-0.3, -0.25) is 9.78 Å². The fourth-order valence-electron chi connectivity index (χ4n) is 3.88. The highest BCUT2D eigenvalue weighted by molar-refractivity contribution is 5.80. The lowest BCUT2D eigenvalue weighted by Gasteiger charge is -2.34. The monoisotopic (exact) mass is 394 g/mol. The van der Waals surface area contributed by atoms with E-state index in [4.69, 9.17) is 9.97 Å². The van der Waals surface area contributed by atoms with E-state index in [1.165, 1.54) is 18.9 Å². The molecule has 0 amide bonds. The van der Waals surface area contributed by atoms with Crippen LogP contribution in [0.4, 0.5) is 16.0 Å². The zero-order valence-corrected chi connectivity index (χ0v) is 16.1. The van der Waals surface area contributed by atoms with Crippen LogP contribution in [0.25, 0.3) is 11.0 Å². The van der Waals surface area contributed by atoms with Crippen LogP contribution in [0, 0.1) is 11.7 Å². The first-order valence-corrected chi connectivity index (χ1v) is 10.1. The molecule has 0 atom stereocenters. The number of hydrogen-bond donors (Lipinski definition) is 1. The highest BCUT2D eigenvalue weighted by atomic mass is 19.1. The van der Waals surface area contributed by atoms with E-state index in [-0.39, 0.29) is 5.56 Å². The van der Waals surface area contributed by atoms with E-state index < -0.39 is 5.82 Å². The van der Waals surface area contributed by atoms with Crippen LogP contribution in [-0.2, 0) is 6.54 Å². The number of piperidine rings is 1. The maximum atomic E-state index is 13.2. The highest BCUT2D eigenvalue weighted by Crippen LogP contribution is 2.32. The van der Waals surface area contributed by atoms with Crippen LogP contribution >= 0.6 is 0 Å². The Kier molecular flexibility index (Phi) is 4.61. The molecule has 0 radical (unpaired) electrons. The van der Waals surface area contributed by atoms with Gasteiger partial charge in [0.2, 0.25) is 0 Å². The zero-order chi connectivity index (χ0) is 19.8. The second kappa shape index (κ2) is 7.42. The average molecular weight is 394 g/mol. The molecule has 2 aliphatic rings. The van der Waals surface area contributed by atoms with Gasteiger partial charge in [0.25, 0.3) is 5.56 Å². The first-order valence-electron chi connectivity index (χ1n) is 10.1. The normalized spacial score (nSPS) is 17.6. The van der Waals surface area contributed by atoms with Crippen molar-refractivity contribution in [3.05, 3.63) is 53.0 Å². The predicted octanol–water partition coefficient (Wildman–Crippen LogP) is 2.82. The van der Waals surface area contributed by atoms with Gasteiger partial charge in [-0.05, 0) is 43.7 Å². The molecule has 2 fully saturated rings. The number of rotatable bonds is 5. The maximum absolute atomic E-state index is 13.2. The summed E-state index contributed by atoms with van der Waals surface area (Å²) in [5.41, 5.74) is 1.36. The first kappa shape index (κ1) is 18.0. The molecule has 0 spiro atoms. The summed E-state index contributed by atoms with van der Waals surface area (Å²) in [6.07, 6.45) is 9.26. The van der Waals surface area contributed by atoms with Crippen molar-refractivity contribution in [2.45, 2.75) is 38.3 Å². The topological polar surface area (TPSA) is 75.9 Å². The second-order valence-electron chi connectivity index (χ2n) is 7.94. The third kappa shape index (κ3) is 3.92. The molecule has 1 saturated heterocycles. The summed E-state index contributed by atoms with van der Waals surface area (Å²) < 4.78 is 14.8. The van der Waals surface area contributed by atoms with Gasteiger partial charge in [-0.1, -0.05) is 0 Å². The summed E-state index contributed by atoms with van der Waals surface area (Å²) in [5.74, 6) is 1.62. The van der Waals surface area contributed by atoms with Crippen LogP contribution < -0.4 is 15.8 Å². The molecule has 3 aromatic rings. The van der Waals surface area contributed by atoms with E-state index in [1.54, 1.807) is 23.2 Å². The summed E-state index contributed by atoms with van der Waals surface area (Å²) in [6, 6.07) is 4.76. The highest BCUT2D eigenvalue weighted by Gasteiger charge is 2.27. The van der Waals surface area contributed by atoms with Crippen molar-refractivity contribution in [3.8, 4) is 0 Å². The SMILES string of the molecule is O=c1cc(F)ccn1CC1CCN(c2nc3cnccc3nc2NC2CC2)CC1. The summed E-state index contributed by atoms with van der Waals surface area (Å²) >= 11 is 0. The minimum absolute atomic E-state index is 0.281. The van der Waals surface area contributed by atoms with Crippen molar-refractivity contribution in [3.63, 3.8) is 0 Å². The molecule has 3 aromatic heterocycles. The molecule has 7 nitrogen and oxygen atoms in total. The van der Waals surface area contributed by atoms with Gasteiger partial charge in [0, 0.05) is 44.1 Å². The Bertz CT molecular complexity index is 1090. The average Bonchev–Trinajstić information content (AvgIpc) is 3.54. The Hall–Kier alpha value is -3.03. The quantitative estimate of drug-likeness (QED) is 0.717. The molecule has 8 heteroatoms. The van der Waals surface area contributed by atoms with Crippen LogP contribution in [0.3, 0.4) is 0 Å². The van der Waals surface area contributed by atoms with E-state index in [2.05, 4.69) is 15.2 Å². The Balaban J connectivity index is 1.33. The lowest BCUT2D eigenvalue weighted by atomic mass is 9.96. The Morgan fingerprint density at radius 3 is 2.69 bits per heavy atom.